The van der Waals surface area contributed by atoms with Crippen molar-refractivity contribution in [3.63, 3.8) is 0 Å². The van der Waals surface area contributed by atoms with Crippen LogP contribution < -0.4 is 10.6 Å². The second-order valence-electron chi connectivity index (χ2n) is 5.63. The Morgan fingerprint density at radius 3 is 2.50 bits per heavy atom. The maximum atomic E-state index is 5.75. The van der Waals surface area contributed by atoms with Gasteiger partial charge >= 0.3 is 0 Å². The first kappa shape index (κ1) is 12.8. The third-order valence-electron chi connectivity index (χ3n) is 2.73. The zero-order valence-electron chi connectivity index (χ0n) is 11.0. The van der Waals surface area contributed by atoms with Crippen LogP contribution in [0.25, 0.3) is 0 Å². The normalized spacial score (nSPS) is 11.6. The molecule has 0 spiro atoms. The highest BCUT2D eigenvalue weighted by molar-refractivity contribution is 5.51. The molecule has 0 saturated heterocycles. The van der Waals surface area contributed by atoms with E-state index in [-0.39, 0.29) is 0 Å². The topological polar surface area (TPSA) is 42.2 Å². The molecule has 3 heteroatoms. The van der Waals surface area contributed by atoms with Gasteiger partial charge in [0.1, 0.15) is 5.82 Å². The Morgan fingerprint density at radius 1 is 1.38 bits per heavy atom. The van der Waals surface area contributed by atoms with E-state index in [0.717, 1.165) is 30.0 Å². The molecule has 0 unspecified atom stereocenters. The van der Waals surface area contributed by atoms with Crippen molar-refractivity contribution in [3.05, 3.63) is 17.8 Å². The summed E-state index contributed by atoms with van der Waals surface area (Å²) < 4.78 is 0. The fraction of sp³-hybridized carbons (Fsp3) is 0.615. The Hall–Kier alpha value is -1.25. The average molecular weight is 221 g/mol. The summed E-state index contributed by atoms with van der Waals surface area (Å²) in [7, 11) is 2.07. The molecule has 16 heavy (non-hydrogen) atoms. The van der Waals surface area contributed by atoms with Gasteiger partial charge in [-0.1, -0.05) is 20.8 Å². The summed E-state index contributed by atoms with van der Waals surface area (Å²) >= 11 is 0. The number of aromatic nitrogens is 1. The van der Waals surface area contributed by atoms with Crippen LogP contribution in [-0.2, 0) is 0 Å². The summed E-state index contributed by atoms with van der Waals surface area (Å²) in [4.78, 5) is 6.52. The van der Waals surface area contributed by atoms with Crippen LogP contribution in [0.4, 0.5) is 11.5 Å². The van der Waals surface area contributed by atoms with Crippen molar-refractivity contribution in [2.45, 2.75) is 34.1 Å². The molecule has 0 aliphatic carbocycles. The van der Waals surface area contributed by atoms with Gasteiger partial charge in [-0.05, 0) is 30.4 Å². The fourth-order valence-electron chi connectivity index (χ4n) is 1.38. The number of aryl methyl sites for hydroxylation is 1. The number of pyridine rings is 1. The molecule has 0 bridgehead atoms. The lowest BCUT2D eigenvalue weighted by Crippen LogP contribution is -2.24. The minimum Gasteiger partial charge on any atom is -0.397 e. The van der Waals surface area contributed by atoms with E-state index in [0.29, 0.717) is 5.41 Å². The van der Waals surface area contributed by atoms with E-state index in [4.69, 9.17) is 5.73 Å². The summed E-state index contributed by atoms with van der Waals surface area (Å²) in [5, 5.41) is 0. The number of rotatable bonds is 3. The van der Waals surface area contributed by atoms with Crippen LogP contribution in [0, 0.1) is 12.3 Å². The van der Waals surface area contributed by atoms with Crippen molar-refractivity contribution in [2.24, 2.45) is 5.41 Å². The van der Waals surface area contributed by atoms with Gasteiger partial charge in [0.05, 0.1) is 11.9 Å². The second kappa shape index (κ2) is 4.73. The lowest BCUT2D eigenvalue weighted by Gasteiger charge is -2.24. The van der Waals surface area contributed by atoms with Crippen LogP contribution in [0.15, 0.2) is 12.3 Å². The van der Waals surface area contributed by atoms with Gasteiger partial charge in [-0.2, -0.15) is 0 Å². The van der Waals surface area contributed by atoms with Crippen LogP contribution in [-0.4, -0.2) is 18.6 Å². The summed E-state index contributed by atoms with van der Waals surface area (Å²) in [5.41, 5.74) is 7.96. The first-order valence-corrected chi connectivity index (χ1v) is 5.73. The van der Waals surface area contributed by atoms with E-state index in [2.05, 4.69) is 37.7 Å². The van der Waals surface area contributed by atoms with Gasteiger partial charge in [0.2, 0.25) is 0 Å². The highest BCUT2D eigenvalue weighted by Crippen LogP contribution is 2.21. The van der Waals surface area contributed by atoms with E-state index in [1.165, 1.54) is 0 Å². The molecule has 2 N–H and O–H groups in total. The molecule has 0 radical (unpaired) electrons. The van der Waals surface area contributed by atoms with Gasteiger partial charge in [-0.25, -0.2) is 4.98 Å². The summed E-state index contributed by atoms with van der Waals surface area (Å²) in [6.45, 7) is 9.78. The highest BCUT2D eigenvalue weighted by Gasteiger charge is 2.12. The van der Waals surface area contributed by atoms with Crippen molar-refractivity contribution in [1.82, 2.24) is 4.98 Å². The molecule has 1 heterocycles. The van der Waals surface area contributed by atoms with Gasteiger partial charge in [0, 0.05) is 13.6 Å². The summed E-state index contributed by atoms with van der Waals surface area (Å²) in [6, 6.07) is 2.04. The van der Waals surface area contributed by atoms with Gasteiger partial charge < -0.3 is 10.6 Å². The molecule has 0 aliphatic heterocycles. The minimum absolute atomic E-state index is 0.358. The zero-order valence-corrected chi connectivity index (χ0v) is 11.0. The Labute approximate surface area is 98.7 Å². The molecule has 1 rings (SSSR count). The lowest BCUT2D eigenvalue weighted by molar-refractivity contribution is 0.381. The van der Waals surface area contributed by atoms with Crippen molar-refractivity contribution in [3.8, 4) is 0 Å². The molecule has 0 amide bonds. The van der Waals surface area contributed by atoms with Gasteiger partial charge in [-0.15, -0.1) is 0 Å². The maximum absolute atomic E-state index is 5.75. The van der Waals surface area contributed by atoms with Crippen LogP contribution in [0.1, 0.15) is 32.8 Å². The third-order valence-corrected chi connectivity index (χ3v) is 2.73. The maximum Gasteiger partial charge on any atom is 0.128 e. The molecule has 0 aromatic carbocycles. The molecular formula is C13H23N3. The monoisotopic (exact) mass is 221 g/mol. The molecule has 0 fully saturated rings. The van der Waals surface area contributed by atoms with E-state index < -0.39 is 0 Å². The first-order valence-electron chi connectivity index (χ1n) is 5.73. The number of hydrogen-bond donors (Lipinski definition) is 1. The van der Waals surface area contributed by atoms with E-state index in [1.807, 2.05) is 13.0 Å². The number of hydrogen-bond acceptors (Lipinski definition) is 3. The second-order valence-corrected chi connectivity index (χ2v) is 5.63. The van der Waals surface area contributed by atoms with Crippen molar-refractivity contribution in [1.29, 1.82) is 0 Å². The van der Waals surface area contributed by atoms with E-state index >= 15 is 0 Å². The Balaban J connectivity index is 2.66. The van der Waals surface area contributed by atoms with Crippen LogP contribution >= 0.6 is 0 Å². The predicted octanol–water partition coefficient (Wildman–Crippen LogP) is 2.84. The van der Waals surface area contributed by atoms with Crippen molar-refractivity contribution >= 4 is 11.5 Å². The molecule has 0 aliphatic rings. The van der Waals surface area contributed by atoms with Gasteiger partial charge in [-0.3, -0.25) is 0 Å². The Bertz CT molecular complexity index is 353. The van der Waals surface area contributed by atoms with Gasteiger partial charge in [0.15, 0.2) is 0 Å². The Morgan fingerprint density at radius 2 is 2.00 bits per heavy atom. The number of nitrogen functional groups attached to an aromatic ring is 1. The van der Waals surface area contributed by atoms with Crippen LogP contribution in [0.5, 0.6) is 0 Å². The Kier molecular flexibility index (Phi) is 3.79. The summed E-state index contributed by atoms with van der Waals surface area (Å²) in [6.07, 6.45) is 2.88. The lowest BCUT2D eigenvalue weighted by atomic mass is 9.92. The molecule has 90 valence electrons. The van der Waals surface area contributed by atoms with Crippen LogP contribution in [0.3, 0.4) is 0 Å². The molecule has 1 aromatic heterocycles. The van der Waals surface area contributed by atoms with E-state index in [9.17, 15) is 0 Å². The molecule has 1 aromatic rings. The first-order chi connectivity index (χ1) is 7.29. The third kappa shape index (κ3) is 3.72. The quantitative estimate of drug-likeness (QED) is 0.853. The number of anilines is 2. The summed E-state index contributed by atoms with van der Waals surface area (Å²) in [5.74, 6) is 0.996. The number of nitrogens with zero attached hydrogens (tertiary/aromatic N) is 2. The van der Waals surface area contributed by atoms with Gasteiger partial charge in [0.25, 0.3) is 0 Å². The smallest absolute Gasteiger partial charge is 0.128 e. The predicted molar refractivity (Wildman–Crippen MR) is 70.7 cm³/mol. The largest absolute Gasteiger partial charge is 0.397 e. The zero-order chi connectivity index (χ0) is 12.3. The average Bonchev–Trinajstić information content (AvgIpc) is 2.17. The highest BCUT2D eigenvalue weighted by atomic mass is 15.2. The van der Waals surface area contributed by atoms with Crippen LogP contribution in [0.2, 0.25) is 0 Å². The minimum atomic E-state index is 0.358. The molecule has 3 nitrogen and oxygen atoms in total. The van der Waals surface area contributed by atoms with Crippen molar-refractivity contribution in [2.75, 3.05) is 24.2 Å². The molecule has 0 atom stereocenters. The van der Waals surface area contributed by atoms with Crippen molar-refractivity contribution < 1.29 is 0 Å². The fourth-order valence-corrected chi connectivity index (χ4v) is 1.38. The van der Waals surface area contributed by atoms with E-state index in [1.54, 1.807) is 6.20 Å². The SMILES string of the molecule is Cc1cc(N(C)CCC(C)(C)C)ncc1N. The standard InChI is InChI=1S/C13H23N3/c1-10-8-12(15-9-11(10)14)16(5)7-6-13(2,3)4/h8-9H,6-7,14H2,1-5H3. The molecule has 0 saturated carbocycles. The molecular weight excluding hydrogens is 198 g/mol. The number of nitrogens with two attached hydrogens (primary N) is 1.